The van der Waals surface area contributed by atoms with E-state index in [-0.39, 0.29) is 22.3 Å². The highest BCUT2D eigenvalue weighted by Gasteiger charge is 2.21. The largest absolute Gasteiger partial charge is 0.497 e. The van der Waals surface area contributed by atoms with Crippen LogP contribution in [0.15, 0.2) is 69.2 Å². The molecule has 1 heterocycles. The van der Waals surface area contributed by atoms with Crippen LogP contribution in [0, 0.1) is 0 Å². The van der Waals surface area contributed by atoms with Gasteiger partial charge >= 0.3 is 5.69 Å². The molecule has 0 radical (unpaired) electrons. The standard InChI is InChI=1S/C23H24N4O5S/c1-26-21(29)19(22(30)27(2)23(26)31)20(25-16-9-11-17(32-3)12-10-16)33-14-18(28)24-13-15-7-5-4-6-8-15/h4-12,29H,13-14H2,1-3H3,(H,24,28). The van der Waals surface area contributed by atoms with Gasteiger partial charge in [0.05, 0.1) is 18.6 Å². The first-order valence-corrected chi connectivity index (χ1v) is 11.0. The SMILES string of the molecule is COc1ccc(N=C(SCC(=O)NCc2ccccc2)c2c(O)n(C)c(=O)n(C)c2=O)cc1. The summed E-state index contributed by atoms with van der Waals surface area (Å²) < 4.78 is 6.98. The average molecular weight is 469 g/mol. The van der Waals surface area contributed by atoms with E-state index in [0.29, 0.717) is 18.0 Å². The number of aromatic hydroxyl groups is 1. The van der Waals surface area contributed by atoms with E-state index >= 15 is 0 Å². The highest BCUT2D eigenvalue weighted by Crippen LogP contribution is 2.24. The fraction of sp³-hybridized carbons (Fsp3) is 0.217. The number of rotatable bonds is 7. The van der Waals surface area contributed by atoms with Gasteiger partial charge in [0.1, 0.15) is 16.4 Å². The van der Waals surface area contributed by atoms with E-state index in [1.165, 1.54) is 14.1 Å². The van der Waals surface area contributed by atoms with Crippen LogP contribution in [0.5, 0.6) is 11.6 Å². The lowest BCUT2D eigenvalue weighted by atomic mass is 10.2. The Morgan fingerprint density at radius 3 is 2.36 bits per heavy atom. The minimum atomic E-state index is -0.708. The maximum atomic E-state index is 12.8. The Morgan fingerprint density at radius 1 is 1.06 bits per heavy atom. The van der Waals surface area contributed by atoms with Gasteiger partial charge in [0.15, 0.2) is 0 Å². The third-order valence-corrected chi connectivity index (χ3v) is 5.80. The van der Waals surface area contributed by atoms with E-state index in [9.17, 15) is 19.5 Å². The van der Waals surface area contributed by atoms with Crippen LogP contribution in [-0.2, 0) is 25.4 Å². The lowest BCUT2D eigenvalue weighted by Gasteiger charge is -2.12. The van der Waals surface area contributed by atoms with Gasteiger partial charge in [-0.05, 0) is 29.8 Å². The lowest BCUT2D eigenvalue weighted by Crippen LogP contribution is -2.39. The molecule has 0 atom stereocenters. The molecule has 0 saturated carbocycles. The number of ether oxygens (including phenoxy) is 1. The Hall–Kier alpha value is -3.79. The maximum absolute atomic E-state index is 12.8. The van der Waals surface area contributed by atoms with E-state index in [1.54, 1.807) is 31.4 Å². The van der Waals surface area contributed by atoms with Gasteiger partial charge in [-0.1, -0.05) is 42.1 Å². The molecule has 0 spiro atoms. The number of carbonyl (C=O) groups excluding carboxylic acids is 1. The molecule has 1 amide bonds. The molecule has 3 aromatic rings. The predicted molar refractivity (Wildman–Crippen MR) is 129 cm³/mol. The molecular formula is C23H24N4O5S. The number of hydrogen-bond acceptors (Lipinski definition) is 7. The topological polar surface area (TPSA) is 115 Å². The number of nitrogens with one attached hydrogen (secondary N) is 1. The third-order valence-electron chi connectivity index (χ3n) is 4.82. The molecule has 3 rings (SSSR count). The van der Waals surface area contributed by atoms with Crippen molar-refractivity contribution in [2.45, 2.75) is 6.54 Å². The molecule has 0 unspecified atom stereocenters. The van der Waals surface area contributed by atoms with Gasteiger partial charge < -0.3 is 15.2 Å². The molecule has 2 N–H and O–H groups in total. The summed E-state index contributed by atoms with van der Waals surface area (Å²) in [6.45, 7) is 0.359. The fourth-order valence-corrected chi connectivity index (χ4v) is 3.80. The summed E-state index contributed by atoms with van der Waals surface area (Å²) >= 11 is 0.992. The van der Waals surface area contributed by atoms with Gasteiger partial charge in [0.25, 0.3) is 5.56 Å². The molecule has 0 aliphatic rings. The zero-order valence-corrected chi connectivity index (χ0v) is 19.3. The normalized spacial score (nSPS) is 11.3. The molecular weight excluding hydrogens is 444 g/mol. The summed E-state index contributed by atoms with van der Waals surface area (Å²) in [7, 11) is 4.21. The number of amides is 1. The number of nitrogens with zero attached hydrogens (tertiary/aromatic N) is 3. The maximum Gasteiger partial charge on any atom is 0.333 e. The van der Waals surface area contributed by atoms with Crippen LogP contribution in [-0.4, -0.2) is 38.1 Å². The van der Waals surface area contributed by atoms with Crippen molar-refractivity contribution in [3.05, 3.63) is 86.6 Å². The average Bonchev–Trinajstić information content (AvgIpc) is 2.84. The first kappa shape index (κ1) is 23.9. The number of carbonyl (C=O) groups is 1. The van der Waals surface area contributed by atoms with Gasteiger partial charge in [-0.3, -0.25) is 18.7 Å². The van der Waals surface area contributed by atoms with Crippen LogP contribution in [0.2, 0.25) is 0 Å². The zero-order valence-electron chi connectivity index (χ0n) is 18.4. The molecule has 9 nitrogen and oxygen atoms in total. The van der Waals surface area contributed by atoms with Crippen molar-refractivity contribution in [3.63, 3.8) is 0 Å². The lowest BCUT2D eigenvalue weighted by molar-refractivity contribution is -0.118. The van der Waals surface area contributed by atoms with E-state index in [4.69, 9.17) is 4.74 Å². The second kappa shape index (κ2) is 10.7. The van der Waals surface area contributed by atoms with E-state index in [1.807, 2.05) is 30.3 Å². The fourth-order valence-electron chi connectivity index (χ4n) is 2.94. The van der Waals surface area contributed by atoms with Crippen molar-refractivity contribution in [2.75, 3.05) is 12.9 Å². The summed E-state index contributed by atoms with van der Waals surface area (Å²) in [6.07, 6.45) is 0. The van der Waals surface area contributed by atoms with Crippen molar-refractivity contribution >= 4 is 28.4 Å². The molecule has 0 bridgehead atoms. The number of thioether (sulfide) groups is 1. The van der Waals surface area contributed by atoms with Crippen molar-refractivity contribution in [1.82, 2.24) is 14.5 Å². The second-order valence-corrected chi connectivity index (χ2v) is 8.03. The van der Waals surface area contributed by atoms with E-state index < -0.39 is 17.1 Å². The Bertz CT molecular complexity index is 1280. The van der Waals surface area contributed by atoms with Crippen molar-refractivity contribution < 1.29 is 14.6 Å². The monoisotopic (exact) mass is 468 g/mol. The van der Waals surface area contributed by atoms with Crippen LogP contribution < -0.4 is 21.3 Å². The van der Waals surface area contributed by atoms with Gasteiger partial charge in [0.2, 0.25) is 11.8 Å². The number of aromatic nitrogens is 2. The van der Waals surface area contributed by atoms with Crippen LogP contribution in [0.1, 0.15) is 11.1 Å². The number of benzene rings is 2. The van der Waals surface area contributed by atoms with Crippen molar-refractivity contribution in [3.8, 4) is 11.6 Å². The minimum absolute atomic E-state index is 0.0484. The quantitative estimate of drug-likeness (QED) is 0.405. The molecule has 1 aromatic heterocycles. The molecule has 10 heteroatoms. The van der Waals surface area contributed by atoms with Gasteiger partial charge in [0, 0.05) is 20.6 Å². The van der Waals surface area contributed by atoms with E-state index in [0.717, 1.165) is 26.5 Å². The highest BCUT2D eigenvalue weighted by atomic mass is 32.2. The van der Waals surface area contributed by atoms with Gasteiger partial charge in [-0.15, -0.1) is 0 Å². The van der Waals surface area contributed by atoms with Crippen molar-refractivity contribution in [1.29, 1.82) is 0 Å². The summed E-state index contributed by atoms with van der Waals surface area (Å²) in [5.41, 5.74) is -0.0992. The summed E-state index contributed by atoms with van der Waals surface area (Å²) in [5, 5.41) is 13.5. The molecule has 0 fully saturated rings. The second-order valence-electron chi connectivity index (χ2n) is 7.07. The van der Waals surface area contributed by atoms with Crippen molar-refractivity contribution in [2.24, 2.45) is 19.1 Å². The van der Waals surface area contributed by atoms with Gasteiger partial charge in [-0.25, -0.2) is 9.79 Å². The zero-order chi connectivity index (χ0) is 24.0. The summed E-state index contributed by atoms with van der Waals surface area (Å²) in [4.78, 5) is 41.9. The highest BCUT2D eigenvalue weighted by molar-refractivity contribution is 8.15. The summed E-state index contributed by atoms with van der Waals surface area (Å²) in [5.74, 6) is -0.211. The molecule has 2 aromatic carbocycles. The van der Waals surface area contributed by atoms with E-state index in [2.05, 4.69) is 10.3 Å². The molecule has 172 valence electrons. The first-order chi connectivity index (χ1) is 15.8. The Kier molecular flexibility index (Phi) is 7.73. The minimum Gasteiger partial charge on any atom is -0.497 e. The smallest absolute Gasteiger partial charge is 0.333 e. The molecule has 0 saturated heterocycles. The number of methoxy groups -OCH3 is 1. The van der Waals surface area contributed by atoms with Crippen LogP contribution in [0.4, 0.5) is 5.69 Å². The Labute approximate surface area is 194 Å². The Balaban J connectivity index is 1.91. The summed E-state index contributed by atoms with van der Waals surface area (Å²) in [6, 6.07) is 16.2. The number of hydrogen-bond donors (Lipinski definition) is 2. The predicted octanol–water partition coefficient (Wildman–Crippen LogP) is 1.93. The van der Waals surface area contributed by atoms with Crippen LogP contribution in [0.25, 0.3) is 0 Å². The Morgan fingerprint density at radius 2 is 1.73 bits per heavy atom. The van der Waals surface area contributed by atoms with Crippen LogP contribution >= 0.6 is 11.8 Å². The van der Waals surface area contributed by atoms with Gasteiger partial charge in [-0.2, -0.15) is 0 Å². The third kappa shape index (κ3) is 5.72. The molecule has 33 heavy (non-hydrogen) atoms. The molecule has 0 aliphatic carbocycles. The van der Waals surface area contributed by atoms with Crippen LogP contribution in [0.3, 0.4) is 0 Å². The number of aliphatic imine (C=N–C) groups is 1. The first-order valence-electron chi connectivity index (χ1n) is 9.97. The molecule has 0 aliphatic heterocycles.